The molecule has 2 rings (SSSR count). The molecule has 0 aliphatic heterocycles. The maximum atomic E-state index is 13.4. The number of nitrogens with zero attached hydrogens (tertiary/aromatic N) is 2. The SMILES string of the molecule is Cc1c(C(=O)C(=O)NC(C)(C)C)cc(C(=O)Nc2ccc(F)c(C#N)c2)n1C. The van der Waals surface area contributed by atoms with Gasteiger partial charge in [-0.1, -0.05) is 0 Å². The number of rotatable bonds is 4. The number of hydrogen-bond donors (Lipinski definition) is 2. The molecule has 28 heavy (non-hydrogen) atoms. The summed E-state index contributed by atoms with van der Waals surface area (Å²) in [7, 11) is 1.59. The number of hydrogen-bond acceptors (Lipinski definition) is 4. The van der Waals surface area contributed by atoms with Gasteiger partial charge in [-0.25, -0.2) is 4.39 Å². The second-order valence-corrected chi connectivity index (χ2v) is 7.38. The van der Waals surface area contributed by atoms with E-state index in [0.29, 0.717) is 5.69 Å². The number of amides is 2. The molecular weight excluding hydrogens is 363 g/mol. The van der Waals surface area contributed by atoms with E-state index >= 15 is 0 Å². The molecule has 0 fully saturated rings. The number of halogens is 1. The van der Waals surface area contributed by atoms with Gasteiger partial charge in [-0.15, -0.1) is 0 Å². The lowest BCUT2D eigenvalue weighted by Crippen LogP contribution is -2.44. The molecular formula is C20H21FN4O3. The van der Waals surface area contributed by atoms with Crippen LogP contribution < -0.4 is 10.6 Å². The van der Waals surface area contributed by atoms with Gasteiger partial charge in [0.2, 0.25) is 0 Å². The first-order valence-corrected chi connectivity index (χ1v) is 8.48. The molecule has 8 heteroatoms. The van der Waals surface area contributed by atoms with E-state index in [4.69, 9.17) is 5.26 Å². The Balaban J connectivity index is 2.29. The van der Waals surface area contributed by atoms with Gasteiger partial charge in [-0.2, -0.15) is 5.26 Å². The van der Waals surface area contributed by atoms with E-state index in [1.165, 1.54) is 22.8 Å². The fourth-order valence-corrected chi connectivity index (χ4v) is 2.55. The monoisotopic (exact) mass is 384 g/mol. The summed E-state index contributed by atoms with van der Waals surface area (Å²) >= 11 is 0. The van der Waals surface area contributed by atoms with Crippen LogP contribution in [0.25, 0.3) is 0 Å². The Labute approximate surface area is 162 Å². The van der Waals surface area contributed by atoms with E-state index in [0.717, 1.165) is 6.07 Å². The molecule has 2 amide bonds. The van der Waals surface area contributed by atoms with Crippen LogP contribution in [0.1, 0.15) is 52.9 Å². The summed E-state index contributed by atoms with van der Waals surface area (Å²) in [6, 6.07) is 6.66. The minimum absolute atomic E-state index is 0.117. The Morgan fingerprint density at radius 3 is 2.39 bits per heavy atom. The van der Waals surface area contributed by atoms with Gasteiger partial charge in [-0.3, -0.25) is 14.4 Å². The second-order valence-electron chi connectivity index (χ2n) is 7.38. The third-order valence-corrected chi connectivity index (χ3v) is 4.05. The largest absolute Gasteiger partial charge is 0.345 e. The Kier molecular flexibility index (Phi) is 5.69. The first-order valence-electron chi connectivity index (χ1n) is 8.48. The van der Waals surface area contributed by atoms with Crippen molar-refractivity contribution < 1.29 is 18.8 Å². The lowest BCUT2D eigenvalue weighted by Gasteiger charge is -2.19. The first-order chi connectivity index (χ1) is 12.9. The summed E-state index contributed by atoms with van der Waals surface area (Å²) in [4.78, 5) is 37.2. The van der Waals surface area contributed by atoms with Crippen molar-refractivity contribution in [1.29, 1.82) is 5.26 Å². The summed E-state index contributed by atoms with van der Waals surface area (Å²) in [5, 5.41) is 14.0. The Morgan fingerprint density at radius 1 is 1.18 bits per heavy atom. The molecule has 146 valence electrons. The third kappa shape index (κ3) is 4.43. The predicted molar refractivity (Wildman–Crippen MR) is 101 cm³/mol. The quantitative estimate of drug-likeness (QED) is 0.625. The zero-order valence-electron chi connectivity index (χ0n) is 16.3. The molecule has 2 N–H and O–H groups in total. The van der Waals surface area contributed by atoms with Crippen LogP contribution in [0.15, 0.2) is 24.3 Å². The van der Waals surface area contributed by atoms with Crippen LogP contribution >= 0.6 is 0 Å². The maximum absolute atomic E-state index is 13.4. The van der Waals surface area contributed by atoms with Crippen molar-refractivity contribution in [3.05, 3.63) is 52.6 Å². The number of nitrogens with one attached hydrogen (secondary N) is 2. The van der Waals surface area contributed by atoms with Gasteiger partial charge < -0.3 is 15.2 Å². The number of ketones is 1. The molecule has 0 bridgehead atoms. The lowest BCUT2D eigenvalue weighted by molar-refractivity contribution is -0.118. The van der Waals surface area contributed by atoms with Crippen LogP contribution in [0.5, 0.6) is 0 Å². The van der Waals surface area contributed by atoms with E-state index < -0.39 is 29.0 Å². The Morgan fingerprint density at radius 2 is 1.82 bits per heavy atom. The van der Waals surface area contributed by atoms with Gasteiger partial charge in [0.1, 0.15) is 17.6 Å². The molecule has 0 atom stereocenters. The normalized spacial score (nSPS) is 10.9. The molecule has 7 nitrogen and oxygen atoms in total. The summed E-state index contributed by atoms with van der Waals surface area (Å²) in [5.41, 5.74) is 0.182. The molecule has 0 saturated carbocycles. The highest BCUT2D eigenvalue weighted by atomic mass is 19.1. The summed E-state index contributed by atoms with van der Waals surface area (Å²) in [6.45, 7) is 6.90. The van der Waals surface area contributed by atoms with Gasteiger partial charge in [0, 0.05) is 29.5 Å². The zero-order valence-corrected chi connectivity index (χ0v) is 16.3. The molecule has 0 radical (unpaired) electrons. The van der Waals surface area contributed by atoms with E-state index in [-0.39, 0.29) is 22.5 Å². The van der Waals surface area contributed by atoms with Crippen molar-refractivity contribution in [3.8, 4) is 6.07 Å². The van der Waals surface area contributed by atoms with E-state index in [9.17, 15) is 18.8 Å². The number of benzene rings is 1. The van der Waals surface area contributed by atoms with Gasteiger partial charge >= 0.3 is 0 Å². The standard InChI is InChI=1S/C20H21FN4O3/c1-11-14(17(26)19(28)24-20(2,3)4)9-16(25(11)5)18(27)23-13-6-7-15(21)12(8-13)10-22/h6-9H,1-5H3,(H,23,27)(H,24,28). The minimum Gasteiger partial charge on any atom is -0.345 e. The third-order valence-electron chi connectivity index (χ3n) is 4.05. The van der Waals surface area contributed by atoms with Gasteiger partial charge in [0.25, 0.3) is 17.6 Å². The van der Waals surface area contributed by atoms with Crippen LogP contribution in [-0.2, 0) is 11.8 Å². The van der Waals surface area contributed by atoms with Crippen LogP contribution in [-0.4, -0.2) is 27.7 Å². The first kappa shape index (κ1) is 20.8. The van der Waals surface area contributed by atoms with Crippen LogP contribution in [0.2, 0.25) is 0 Å². The van der Waals surface area contributed by atoms with Crippen molar-refractivity contribution in [2.45, 2.75) is 33.2 Å². The van der Waals surface area contributed by atoms with Crippen LogP contribution in [0.4, 0.5) is 10.1 Å². The van der Waals surface area contributed by atoms with Crippen molar-refractivity contribution >= 4 is 23.3 Å². The van der Waals surface area contributed by atoms with Crippen molar-refractivity contribution in [2.24, 2.45) is 7.05 Å². The van der Waals surface area contributed by atoms with Gasteiger partial charge in [0.15, 0.2) is 0 Å². The smallest absolute Gasteiger partial charge is 0.292 e. The molecule has 0 saturated heterocycles. The highest BCUT2D eigenvalue weighted by Crippen LogP contribution is 2.19. The summed E-state index contributed by atoms with van der Waals surface area (Å²) in [5.74, 6) is -2.75. The summed E-state index contributed by atoms with van der Waals surface area (Å²) in [6.07, 6.45) is 0. The van der Waals surface area contributed by atoms with E-state index in [2.05, 4.69) is 10.6 Å². The highest BCUT2D eigenvalue weighted by molar-refractivity contribution is 6.43. The van der Waals surface area contributed by atoms with Crippen molar-refractivity contribution in [3.63, 3.8) is 0 Å². The number of Topliss-reactive ketones (excluding diaryl/α,β-unsaturated/α-hetero) is 1. The number of nitriles is 1. The lowest BCUT2D eigenvalue weighted by atomic mass is 10.1. The molecule has 0 aliphatic carbocycles. The minimum atomic E-state index is -0.759. The molecule has 1 aromatic heterocycles. The predicted octanol–water partition coefficient (Wildman–Crippen LogP) is 2.69. The number of anilines is 1. The van der Waals surface area contributed by atoms with Crippen molar-refractivity contribution in [1.82, 2.24) is 9.88 Å². The number of carbonyl (C=O) groups excluding carboxylic acids is 3. The average molecular weight is 384 g/mol. The Hall–Kier alpha value is -3.47. The fraction of sp³-hybridized carbons (Fsp3) is 0.300. The molecule has 0 unspecified atom stereocenters. The summed E-state index contributed by atoms with van der Waals surface area (Å²) < 4.78 is 14.9. The highest BCUT2D eigenvalue weighted by Gasteiger charge is 2.26. The molecule has 2 aromatic rings. The van der Waals surface area contributed by atoms with Crippen molar-refractivity contribution in [2.75, 3.05) is 5.32 Å². The van der Waals surface area contributed by atoms with Crippen LogP contribution in [0.3, 0.4) is 0 Å². The molecule has 1 heterocycles. The number of aromatic nitrogens is 1. The maximum Gasteiger partial charge on any atom is 0.292 e. The fourth-order valence-electron chi connectivity index (χ4n) is 2.55. The second kappa shape index (κ2) is 7.64. The van der Waals surface area contributed by atoms with E-state index in [1.54, 1.807) is 40.8 Å². The van der Waals surface area contributed by atoms with Gasteiger partial charge in [-0.05, 0) is 52.0 Å². The molecule has 1 aromatic carbocycles. The molecule has 0 spiro atoms. The average Bonchev–Trinajstić information content (AvgIpc) is 2.90. The number of carbonyl (C=O) groups is 3. The van der Waals surface area contributed by atoms with Gasteiger partial charge in [0.05, 0.1) is 5.56 Å². The Bertz CT molecular complexity index is 1010. The molecule has 0 aliphatic rings. The topological polar surface area (TPSA) is 104 Å². The van der Waals surface area contributed by atoms with Crippen LogP contribution in [0, 0.1) is 24.1 Å². The zero-order chi connectivity index (χ0) is 21.2. The van der Waals surface area contributed by atoms with E-state index in [1.807, 2.05) is 0 Å².